The van der Waals surface area contributed by atoms with Gasteiger partial charge in [-0.05, 0) is 167 Å². The summed E-state index contributed by atoms with van der Waals surface area (Å²) in [6.07, 6.45) is 4.72. The van der Waals surface area contributed by atoms with Crippen LogP contribution in [-0.2, 0) is 21.7 Å². The Hall–Kier alpha value is -6.56. The molecule has 0 fully saturated rings. The van der Waals surface area contributed by atoms with Gasteiger partial charge in [-0.25, -0.2) is 0 Å². The Morgan fingerprint density at radius 3 is 1.66 bits per heavy atom. The van der Waals surface area contributed by atoms with Crippen molar-refractivity contribution in [3.05, 3.63) is 167 Å². The zero-order valence-corrected chi connectivity index (χ0v) is 43.7. The van der Waals surface area contributed by atoms with E-state index in [1.807, 2.05) is 11.3 Å². The molecular weight excluding hydrogens is 878 g/mol. The van der Waals surface area contributed by atoms with Crippen LogP contribution in [0.4, 0.5) is 11.4 Å². The topological polar surface area (TPSA) is 21.9 Å². The van der Waals surface area contributed by atoms with Crippen LogP contribution in [0, 0.1) is 13.8 Å². The Morgan fingerprint density at radius 2 is 1.01 bits per heavy atom. The molecule has 0 unspecified atom stereocenters. The lowest BCUT2D eigenvalue weighted by atomic mass is 9.58. The van der Waals surface area contributed by atoms with Crippen LogP contribution in [0.2, 0.25) is 0 Å². The summed E-state index contributed by atoms with van der Waals surface area (Å²) in [5.74, 6) is 0. The molecule has 3 aliphatic rings. The van der Waals surface area contributed by atoms with Gasteiger partial charge in [0.05, 0.1) is 27.8 Å². The van der Waals surface area contributed by atoms with Crippen molar-refractivity contribution in [3.8, 4) is 22.5 Å². The number of rotatable bonds is 4. The molecule has 8 aromatic carbocycles. The van der Waals surface area contributed by atoms with Crippen LogP contribution in [0.15, 0.2) is 133 Å². The fourth-order valence-electron chi connectivity index (χ4n) is 13.4. The van der Waals surface area contributed by atoms with Gasteiger partial charge in [0.15, 0.2) is 7.28 Å². The van der Waals surface area contributed by atoms with E-state index < -0.39 is 0 Å². The van der Waals surface area contributed by atoms with E-state index in [4.69, 9.17) is 0 Å². The molecule has 3 nitrogen and oxygen atoms in total. The van der Waals surface area contributed by atoms with Crippen LogP contribution < -0.4 is 16.2 Å². The number of aryl methyl sites for hydroxylation is 2. The van der Waals surface area contributed by atoms with Gasteiger partial charge in [-0.3, -0.25) is 0 Å². The maximum absolute atomic E-state index is 4.05. The normalized spacial score (nSPS) is 17.2. The highest BCUT2D eigenvalue weighted by Gasteiger charge is 2.40. The number of benzene rings is 8. The third-order valence-electron chi connectivity index (χ3n) is 17.8. The zero-order chi connectivity index (χ0) is 48.7. The Labute approximate surface area is 422 Å². The lowest BCUT2D eigenvalue weighted by Gasteiger charge is -2.42. The maximum Gasteiger partial charge on any atom is 0.197 e. The smallest absolute Gasteiger partial charge is 0.197 e. The minimum Gasteiger partial charge on any atom is -0.355 e. The molecular formula is C66H61BN3S. The van der Waals surface area contributed by atoms with Gasteiger partial charge in [-0.2, -0.15) is 0 Å². The van der Waals surface area contributed by atoms with E-state index in [-0.39, 0.29) is 21.7 Å². The first-order valence-corrected chi connectivity index (χ1v) is 26.8. The predicted molar refractivity (Wildman–Crippen MR) is 308 cm³/mol. The van der Waals surface area contributed by atoms with Crippen LogP contribution in [0.25, 0.3) is 86.3 Å². The van der Waals surface area contributed by atoms with Gasteiger partial charge in [0.25, 0.3) is 0 Å². The quantitative estimate of drug-likeness (QED) is 0.175. The number of nitrogens with zero attached hydrogens (tertiary/aromatic N) is 2. The Morgan fingerprint density at radius 1 is 0.465 bits per heavy atom. The average Bonchev–Trinajstić information content (AvgIpc) is 4.00. The molecule has 0 bridgehead atoms. The third kappa shape index (κ3) is 6.21. The summed E-state index contributed by atoms with van der Waals surface area (Å²) >= 11 is 1.95. The molecule has 1 aliphatic heterocycles. The first-order chi connectivity index (χ1) is 34.0. The van der Waals surface area contributed by atoms with Crippen molar-refractivity contribution in [1.29, 1.82) is 0 Å². The second-order valence-corrected chi connectivity index (χ2v) is 25.4. The minimum absolute atomic E-state index is 0.0457. The number of nitrogens with one attached hydrogen (secondary N) is 1. The first-order valence-electron chi connectivity index (χ1n) is 26.0. The molecule has 11 aromatic rings. The minimum atomic E-state index is 0.0457. The molecule has 0 amide bonds. The summed E-state index contributed by atoms with van der Waals surface area (Å²) in [4.78, 5) is 0. The second-order valence-electron chi connectivity index (χ2n) is 24.3. The molecule has 1 N–H and O–H groups in total. The van der Waals surface area contributed by atoms with Crippen molar-refractivity contribution in [1.82, 2.24) is 9.13 Å². The summed E-state index contributed by atoms with van der Waals surface area (Å²) in [6.45, 7) is 24.1. The van der Waals surface area contributed by atoms with Crippen LogP contribution in [-0.4, -0.2) is 16.4 Å². The first kappa shape index (κ1) is 43.3. The van der Waals surface area contributed by atoms with Crippen LogP contribution in [0.3, 0.4) is 0 Å². The van der Waals surface area contributed by atoms with E-state index in [9.17, 15) is 0 Å². The Kier molecular flexibility index (Phi) is 8.86. The molecule has 14 rings (SSSR count). The average molecular weight is 939 g/mol. The monoisotopic (exact) mass is 938 g/mol. The lowest BCUT2D eigenvalue weighted by Crippen LogP contribution is -2.37. The molecule has 4 heterocycles. The summed E-state index contributed by atoms with van der Waals surface area (Å²) in [5.41, 5.74) is 23.5. The van der Waals surface area contributed by atoms with Crippen molar-refractivity contribution < 1.29 is 0 Å². The fourth-order valence-corrected chi connectivity index (χ4v) is 14.6. The largest absolute Gasteiger partial charge is 0.355 e. The van der Waals surface area contributed by atoms with E-state index in [2.05, 4.69) is 224 Å². The molecule has 2 aliphatic carbocycles. The molecule has 1 radical (unpaired) electrons. The molecule has 5 heteroatoms. The summed E-state index contributed by atoms with van der Waals surface area (Å²) in [7, 11) is 2.52. The van der Waals surface area contributed by atoms with Crippen molar-refractivity contribution in [2.24, 2.45) is 0 Å². The zero-order valence-electron chi connectivity index (χ0n) is 42.9. The number of thiophene rings is 1. The van der Waals surface area contributed by atoms with Gasteiger partial charge in [-0.15, -0.1) is 11.3 Å². The molecule has 0 saturated carbocycles. The van der Waals surface area contributed by atoms with Crippen LogP contribution in [0.5, 0.6) is 0 Å². The summed E-state index contributed by atoms with van der Waals surface area (Å²) in [6, 6.07) is 52.1. The van der Waals surface area contributed by atoms with E-state index in [1.54, 1.807) is 0 Å². The van der Waals surface area contributed by atoms with Gasteiger partial charge in [0.1, 0.15) is 0 Å². The van der Waals surface area contributed by atoms with Gasteiger partial charge >= 0.3 is 0 Å². The van der Waals surface area contributed by atoms with Crippen LogP contribution >= 0.6 is 11.3 Å². The van der Waals surface area contributed by atoms with Crippen molar-refractivity contribution in [2.75, 3.05) is 5.32 Å². The fraction of sp³-hybridized carbons (Fsp3) is 0.273. The summed E-state index contributed by atoms with van der Waals surface area (Å²) in [5, 5.41) is 11.9. The number of para-hydroxylation sites is 2. The molecule has 0 spiro atoms. The third-order valence-corrected chi connectivity index (χ3v) is 18.9. The van der Waals surface area contributed by atoms with E-state index in [0.717, 1.165) is 17.8 Å². The number of hydrogen-bond acceptors (Lipinski definition) is 2. The Balaban J connectivity index is 1.18. The molecule has 0 atom stereocenters. The van der Waals surface area contributed by atoms with Crippen LogP contribution in [0.1, 0.15) is 114 Å². The van der Waals surface area contributed by atoms with Gasteiger partial charge in [0.2, 0.25) is 0 Å². The van der Waals surface area contributed by atoms with Gasteiger partial charge in [-0.1, -0.05) is 133 Å². The molecule has 71 heavy (non-hydrogen) atoms. The SMILES string of the molecule is Cc1ccc(Nc2cc3sc4cc5c(cc4c3cc2-c2cc(-n3c4ccccc4c4ccccc43)c3c4cc6c(cc4n4c3c2[B]c2cc(C)ccc2-4)C(C)(C)CCC6(C)C)C(C)(C)CCC5(C)C)cc1. The highest BCUT2D eigenvalue weighted by molar-refractivity contribution is 7.25. The number of aromatic nitrogens is 2. The highest BCUT2D eigenvalue weighted by atomic mass is 32.1. The standard InChI is InChI=1S/C66H61BN3S/c1-37-19-22-39(23-20-37)68-52-36-59-43(44-31-47-50(35-58(44)71-59)66(9,10)28-26-63(47,3)4)30-42(52)45-33-57(69-53-17-13-11-15-40(53)41-16-12-14-18-54(41)69)60-46-32-48-49(65(7,8)27-25-64(48,5)6)34-56(46)70-55-24-21-38(2)29-51(55)67-61(45)62(60)70/h11-24,29-36,68H,25-28H2,1-10H3. The second kappa shape index (κ2) is 14.5. The molecule has 0 saturated heterocycles. The van der Waals surface area contributed by atoms with Crippen molar-refractivity contribution in [2.45, 2.75) is 117 Å². The number of fused-ring (bicyclic) bond motifs is 13. The number of hydrogen-bond donors (Lipinski definition) is 1. The van der Waals surface area contributed by atoms with Gasteiger partial charge in [0, 0.05) is 64.3 Å². The lowest BCUT2D eigenvalue weighted by molar-refractivity contribution is 0.332. The van der Waals surface area contributed by atoms with E-state index in [1.165, 1.54) is 150 Å². The maximum atomic E-state index is 4.05. The predicted octanol–water partition coefficient (Wildman–Crippen LogP) is 16.9. The number of anilines is 2. The van der Waals surface area contributed by atoms with Crippen molar-refractivity contribution >= 4 is 105 Å². The highest BCUT2D eigenvalue weighted by Crippen LogP contribution is 2.53. The summed E-state index contributed by atoms with van der Waals surface area (Å²) < 4.78 is 7.94. The molecule has 349 valence electrons. The van der Waals surface area contributed by atoms with Gasteiger partial charge < -0.3 is 14.5 Å². The van der Waals surface area contributed by atoms with E-state index in [0.29, 0.717) is 0 Å². The van der Waals surface area contributed by atoms with Crippen molar-refractivity contribution in [3.63, 3.8) is 0 Å². The molecule has 3 aromatic heterocycles. The van der Waals surface area contributed by atoms with E-state index >= 15 is 0 Å². The Bertz CT molecular complexity index is 4080.